The molecule has 3 nitrogen and oxygen atoms in total. The van der Waals surface area contributed by atoms with Gasteiger partial charge in [0.1, 0.15) is 0 Å². The van der Waals surface area contributed by atoms with Gasteiger partial charge in [-0.1, -0.05) is 17.7 Å². The van der Waals surface area contributed by atoms with Crippen LogP contribution < -0.4 is 10.6 Å². The van der Waals surface area contributed by atoms with Crippen molar-refractivity contribution in [1.29, 1.82) is 0 Å². The molecular formula is C13H19ClN2O. The first-order valence-electron chi connectivity index (χ1n) is 6.01. The van der Waals surface area contributed by atoms with Crippen LogP contribution in [-0.4, -0.2) is 26.8 Å². The zero-order valence-electron chi connectivity index (χ0n) is 10.2. The van der Waals surface area contributed by atoms with E-state index in [1.807, 2.05) is 18.2 Å². The van der Waals surface area contributed by atoms with E-state index in [4.69, 9.17) is 22.1 Å². The fourth-order valence-corrected chi connectivity index (χ4v) is 2.47. The number of ether oxygens (including phenoxy) is 1. The molecule has 1 aliphatic heterocycles. The third-order valence-electron chi connectivity index (χ3n) is 3.23. The molecule has 0 radical (unpaired) electrons. The van der Waals surface area contributed by atoms with Gasteiger partial charge in [-0.25, -0.2) is 0 Å². The van der Waals surface area contributed by atoms with Gasteiger partial charge in [-0.3, -0.25) is 0 Å². The normalized spacial score (nSPS) is 20.2. The molecule has 1 saturated heterocycles. The minimum atomic E-state index is 0.590. The summed E-state index contributed by atoms with van der Waals surface area (Å²) in [5.41, 5.74) is 7.65. The van der Waals surface area contributed by atoms with Gasteiger partial charge in [0.25, 0.3) is 0 Å². The molecule has 1 aromatic carbocycles. The molecule has 0 bridgehead atoms. The zero-order chi connectivity index (χ0) is 12.3. The molecular weight excluding hydrogens is 236 g/mol. The van der Waals surface area contributed by atoms with Crippen molar-refractivity contribution in [2.75, 3.05) is 37.4 Å². The van der Waals surface area contributed by atoms with E-state index in [0.717, 1.165) is 31.9 Å². The maximum Gasteiger partial charge on any atom is 0.0741 e. The van der Waals surface area contributed by atoms with Crippen molar-refractivity contribution in [3.63, 3.8) is 0 Å². The summed E-state index contributed by atoms with van der Waals surface area (Å²) in [6, 6.07) is 5.75. The fraction of sp³-hybridized carbons (Fsp3) is 0.538. The number of hydrogen-bond donors (Lipinski definition) is 1. The van der Waals surface area contributed by atoms with Crippen LogP contribution in [-0.2, 0) is 4.74 Å². The second kappa shape index (κ2) is 5.61. The van der Waals surface area contributed by atoms with E-state index >= 15 is 0 Å². The molecule has 2 rings (SSSR count). The molecule has 4 heteroatoms. The molecule has 1 aromatic rings. The van der Waals surface area contributed by atoms with Crippen molar-refractivity contribution in [1.82, 2.24) is 0 Å². The Morgan fingerprint density at radius 1 is 1.53 bits per heavy atom. The summed E-state index contributed by atoms with van der Waals surface area (Å²) in [4.78, 5) is 2.17. The zero-order valence-corrected chi connectivity index (χ0v) is 10.9. The van der Waals surface area contributed by atoms with Crippen molar-refractivity contribution in [2.24, 2.45) is 5.92 Å². The van der Waals surface area contributed by atoms with Crippen LogP contribution in [0.3, 0.4) is 0 Å². The van der Waals surface area contributed by atoms with Crippen LogP contribution in [0.25, 0.3) is 0 Å². The van der Waals surface area contributed by atoms with E-state index in [2.05, 4.69) is 11.9 Å². The van der Waals surface area contributed by atoms with Crippen molar-refractivity contribution in [3.05, 3.63) is 23.2 Å². The molecule has 17 heavy (non-hydrogen) atoms. The lowest BCUT2D eigenvalue weighted by molar-refractivity contribution is 0.0576. The van der Waals surface area contributed by atoms with E-state index in [9.17, 15) is 0 Å². The second-order valence-corrected chi connectivity index (χ2v) is 5.04. The molecule has 94 valence electrons. The van der Waals surface area contributed by atoms with Gasteiger partial charge in [0, 0.05) is 20.2 Å². The number of nitrogens with two attached hydrogens (primary N) is 1. The van der Waals surface area contributed by atoms with E-state index in [1.165, 1.54) is 6.42 Å². The van der Waals surface area contributed by atoms with Gasteiger partial charge in [-0.2, -0.15) is 0 Å². The number of nitrogen functional groups attached to an aromatic ring is 1. The monoisotopic (exact) mass is 254 g/mol. The Kier molecular flexibility index (Phi) is 4.13. The minimum Gasteiger partial charge on any atom is -0.396 e. The summed E-state index contributed by atoms with van der Waals surface area (Å²) >= 11 is 6.02. The molecule has 1 fully saturated rings. The lowest BCUT2D eigenvalue weighted by Crippen LogP contribution is -2.31. The topological polar surface area (TPSA) is 38.5 Å². The van der Waals surface area contributed by atoms with Crippen molar-refractivity contribution < 1.29 is 4.74 Å². The molecule has 2 N–H and O–H groups in total. The Balaban J connectivity index is 2.03. The van der Waals surface area contributed by atoms with Gasteiger partial charge in [0.2, 0.25) is 0 Å². The highest BCUT2D eigenvalue weighted by molar-refractivity contribution is 6.33. The number of para-hydroxylation sites is 1. The van der Waals surface area contributed by atoms with Crippen molar-refractivity contribution >= 4 is 23.0 Å². The third kappa shape index (κ3) is 3.05. The Hall–Kier alpha value is -0.930. The predicted molar refractivity (Wildman–Crippen MR) is 72.7 cm³/mol. The molecule has 1 atom stereocenters. The van der Waals surface area contributed by atoms with Crippen molar-refractivity contribution in [2.45, 2.75) is 12.8 Å². The number of anilines is 2. The molecule has 0 aliphatic carbocycles. The van der Waals surface area contributed by atoms with Crippen LogP contribution >= 0.6 is 11.6 Å². The quantitative estimate of drug-likeness (QED) is 0.843. The molecule has 1 unspecified atom stereocenters. The fourth-order valence-electron chi connectivity index (χ4n) is 2.30. The van der Waals surface area contributed by atoms with Crippen LogP contribution in [0.1, 0.15) is 12.8 Å². The average molecular weight is 255 g/mol. The standard InChI is InChI=1S/C13H19ClN2O/c1-16(8-10-4-3-7-17-9-10)12-6-2-5-11(14)13(12)15/h2,5-6,10H,3-4,7-9,15H2,1H3. The smallest absolute Gasteiger partial charge is 0.0741 e. The molecule has 1 heterocycles. The van der Waals surface area contributed by atoms with E-state index < -0.39 is 0 Å². The molecule has 1 aliphatic rings. The molecule has 0 aromatic heterocycles. The first-order chi connectivity index (χ1) is 8.18. The lowest BCUT2D eigenvalue weighted by Gasteiger charge is -2.29. The average Bonchev–Trinajstić information content (AvgIpc) is 2.34. The Labute approximate surface area is 107 Å². The second-order valence-electron chi connectivity index (χ2n) is 4.64. The molecule has 0 amide bonds. The van der Waals surface area contributed by atoms with Crippen LogP contribution in [0.15, 0.2) is 18.2 Å². The van der Waals surface area contributed by atoms with Crippen LogP contribution in [0.2, 0.25) is 5.02 Å². The Morgan fingerprint density at radius 3 is 3.06 bits per heavy atom. The third-order valence-corrected chi connectivity index (χ3v) is 3.56. The number of rotatable bonds is 3. The number of nitrogens with zero attached hydrogens (tertiary/aromatic N) is 1. The van der Waals surface area contributed by atoms with Gasteiger partial charge in [-0.05, 0) is 30.9 Å². The predicted octanol–water partition coefficient (Wildman–Crippen LogP) is 2.79. The summed E-state index contributed by atoms with van der Waals surface area (Å²) < 4.78 is 5.49. The van der Waals surface area contributed by atoms with Gasteiger partial charge in [0.05, 0.1) is 23.0 Å². The van der Waals surface area contributed by atoms with Crippen LogP contribution in [0, 0.1) is 5.92 Å². The minimum absolute atomic E-state index is 0.590. The van der Waals surface area contributed by atoms with Crippen LogP contribution in [0.5, 0.6) is 0 Å². The molecule has 0 saturated carbocycles. The maximum absolute atomic E-state index is 6.02. The molecule has 0 spiro atoms. The summed E-state index contributed by atoms with van der Waals surface area (Å²) in [5.74, 6) is 0.590. The Morgan fingerprint density at radius 2 is 2.35 bits per heavy atom. The van der Waals surface area contributed by atoms with Gasteiger partial charge >= 0.3 is 0 Å². The summed E-state index contributed by atoms with van der Waals surface area (Å²) in [6.07, 6.45) is 2.38. The summed E-state index contributed by atoms with van der Waals surface area (Å²) in [7, 11) is 2.05. The largest absolute Gasteiger partial charge is 0.396 e. The Bertz CT molecular complexity index is 378. The first kappa shape index (κ1) is 12.5. The first-order valence-corrected chi connectivity index (χ1v) is 6.39. The van der Waals surface area contributed by atoms with Crippen LogP contribution in [0.4, 0.5) is 11.4 Å². The van der Waals surface area contributed by atoms with Gasteiger partial charge in [-0.15, -0.1) is 0 Å². The highest BCUT2D eigenvalue weighted by Gasteiger charge is 2.17. The van der Waals surface area contributed by atoms with E-state index in [0.29, 0.717) is 16.6 Å². The summed E-state index contributed by atoms with van der Waals surface area (Å²) in [6.45, 7) is 2.72. The maximum atomic E-state index is 6.02. The number of benzene rings is 1. The van der Waals surface area contributed by atoms with Gasteiger partial charge < -0.3 is 15.4 Å². The number of halogens is 1. The summed E-state index contributed by atoms with van der Waals surface area (Å²) in [5, 5.41) is 0.620. The lowest BCUT2D eigenvalue weighted by atomic mass is 10.0. The van der Waals surface area contributed by atoms with Gasteiger partial charge in [0.15, 0.2) is 0 Å². The van der Waals surface area contributed by atoms with E-state index in [1.54, 1.807) is 0 Å². The van der Waals surface area contributed by atoms with Crippen molar-refractivity contribution in [3.8, 4) is 0 Å². The highest BCUT2D eigenvalue weighted by Crippen LogP contribution is 2.30. The van der Waals surface area contributed by atoms with E-state index in [-0.39, 0.29) is 0 Å². The highest BCUT2D eigenvalue weighted by atomic mass is 35.5. The SMILES string of the molecule is CN(CC1CCCOC1)c1cccc(Cl)c1N. The number of hydrogen-bond acceptors (Lipinski definition) is 3.